The molecule has 2 aliphatic heterocycles. The summed E-state index contributed by atoms with van der Waals surface area (Å²) in [6.45, 7) is 8.00. The highest BCUT2D eigenvalue weighted by Gasteiger charge is 2.72. The maximum Gasteiger partial charge on any atom is 0.407 e. The van der Waals surface area contributed by atoms with Gasteiger partial charge in [-0.05, 0) is 78.2 Å². The van der Waals surface area contributed by atoms with E-state index < -0.39 is 35.7 Å². The predicted molar refractivity (Wildman–Crippen MR) is 199 cm³/mol. The van der Waals surface area contributed by atoms with Gasteiger partial charge in [0, 0.05) is 25.6 Å². The normalized spacial score (nSPS) is 30.3. The summed E-state index contributed by atoms with van der Waals surface area (Å²) in [5.74, 6) is -1.44. The lowest BCUT2D eigenvalue weighted by Gasteiger charge is -2.42. The van der Waals surface area contributed by atoms with E-state index in [9.17, 15) is 24.0 Å². The van der Waals surface area contributed by atoms with Gasteiger partial charge in [-0.1, -0.05) is 42.0 Å². The number of carbonyl (C=O) groups is 5. The number of hydrogen-bond acceptors (Lipinski definition) is 11. The van der Waals surface area contributed by atoms with Crippen molar-refractivity contribution < 1.29 is 42.9 Å². The van der Waals surface area contributed by atoms with E-state index in [4.69, 9.17) is 18.9 Å². The average Bonchev–Trinajstić information content (AvgIpc) is 4.06. The second-order valence-corrected chi connectivity index (χ2v) is 15.5. The number of ketones is 1. The number of amides is 4. The maximum absolute atomic E-state index is 13.2. The van der Waals surface area contributed by atoms with Gasteiger partial charge in [0.2, 0.25) is 17.7 Å². The lowest BCUT2D eigenvalue weighted by atomic mass is 9.68. The van der Waals surface area contributed by atoms with Crippen molar-refractivity contribution in [3.05, 3.63) is 47.5 Å². The molecular weight excluding hydrogens is 696 g/mol. The number of nitrogens with one attached hydrogen (secondary N) is 6. The SMILES string of the molecule is COC1C(OC(=O)N[C@H]2CC[C@H](NC(=O)CNC(=O)[C@H](Cc3ccccc3)NC(=O)CNNCC(C)=O)CC2)CC[C@]2(CO2)C1C1(C)O[C@@H]1CC=C(C)C. The highest BCUT2D eigenvalue weighted by Crippen LogP contribution is 2.59. The van der Waals surface area contributed by atoms with Gasteiger partial charge in [-0.15, -0.1) is 0 Å². The maximum atomic E-state index is 13.2. The molecule has 5 rings (SSSR count). The first-order valence-corrected chi connectivity index (χ1v) is 19.1. The first kappa shape index (κ1) is 41.3. The van der Waals surface area contributed by atoms with E-state index in [0.29, 0.717) is 38.7 Å². The molecule has 2 aliphatic carbocycles. The summed E-state index contributed by atoms with van der Waals surface area (Å²) in [5, 5.41) is 11.4. The average molecular weight is 755 g/mol. The minimum Gasteiger partial charge on any atom is -0.443 e. The van der Waals surface area contributed by atoms with Gasteiger partial charge in [0.05, 0.1) is 38.3 Å². The topological polar surface area (TPSA) is 201 Å². The second-order valence-electron chi connectivity index (χ2n) is 15.5. The quantitative estimate of drug-likeness (QED) is 0.0552. The van der Waals surface area contributed by atoms with E-state index in [0.717, 1.165) is 18.4 Å². The van der Waals surface area contributed by atoms with Crippen molar-refractivity contribution in [1.82, 2.24) is 32.1 Å². The Labute approximate surface area is 317 Å². The smallest absolute Gasteiger partial charge is 0.407 e. The van der Waals surface area contributed by atoms with Crippen LogP contribution in [-0.2, 0) is 44.5 Å². The van der Waals surface area contributed by atoms with Crippen LogP contribution in [0.25, 0.3) is 0 Å². The molecule has 4 unspecified atom stereocenters. The summed E-state index contributed by atoms with van der Waals surface area (Å²) in [6.07, 6.45) is 6.06. The van der Waals surface area contributed by atoms with Crippen LogP contribution in [0, 0.1) is 5.92 Å². The molecule has 0 radical (unpaired) electrons. The lowest BCUT2D eigenvalue weighted by Crippen LogP contribution is -2.56. The van der Waals surface area contributed by atoms with Gasteiger partial charge in [0.15, 0.2) is 0 Å². The molecule has 2 heterocycles. The molecule has 2 saturated carbocycles. The Kier molecular flexibility index (Phi) is 14.2. The van der Waals surface area contributed by atoms with Crippen LogP contribution in [0.4, 0.5) is 4.79 Å². The second kappa shape index (κ2) is 18.6. The fourth-order valence-electron chi connectivity index (χ4n) is 7.99. The zero-order valence-corrected chi connectivity index (χ0v) is 32.2. The molecule has 1 aromatic rings. The van der Waals surface area contributed by atoms with Crippen LogP contribution in [0.15, 0.2) is 42.0 Å². The van der Waals surface area contributed by atoms with Gasteiger partial charge in [-0.3, -0.25) is 19.2 Å². The van der Waals surface area contributed by atoms with Crippen LogP contribution in [-0.4, -0.2) is 111 Å². The molecule has 6 N–H and O–H groups in total. The Hall–Kier alpha value is -3.89. The summed E-state index contributed by atoms with van der Waals surface area (Å²) >= 11 is 0. The monoisotopic (exact) mass is 754 g/mol. The van der Waals surface area contributed by atoms with Gasteiger partial charge in [0.1, 0.15) is 35.2 Å². The molecule has 4 fully saturated rings. The Balaban J connectivity index is 1.04. The Bertz CT molecular complexity index is 1510. The summed E-state index contributed by atoms with van der Waals surface area (Å²) in [5.41, 5.74) is 6.66. The number of epoxide rings is 2. The van der Waals surface area contributed by atoms with Gasteiger partial charge < -0.3 is 40.2 Å². The Morgan fingerprint density at radius 2 is 1.57 bits per heavy atom. The van der Waals surface area contributed by atoms with E-state index in [1.165, 1.54) is 12.5 Å². The molecule has 4 aliphatic rings. The van der Waals surface area contributed by atoms with Crippen LogP contribution < -0.4 is 32.1 Å². The number of allylic oxidation sites excluding steroid dienone is 1. The summed E-state index contributed by atoms with van der Waals surface area (Å²) in [7, 11) is 1.66. The van der Waals surface area contributed by atoms with Crippen molar-refractivity contribution in [3.8, 4) is 0 Å². The van der Waals surface area contributed by atoms with Gasteiger partial charge >= 0.3 is 6.09 Å². The summed E-state index contributed by atoms with van der Waals surface area (Å²) < 4.78 is 24.3. The zero-order valence-electron chi connectivity index (χ0n) is 32.2. The number of methoxy groups -OCH3 is 1. The number of hydrogen-bond donors (Lipinski definition) is 6. The van der Waals surface area contributed by atoms with Crippen molar-refractivity contribution in [1.29, 1.82) is 0 Å². The van der Waals surface area contributed by atoms with Crippen molar-refractivity contribution >= 4 is 29.6 Å². The van der Waals surface area contributed by atoms with Crippen LogP contribution in [0.2, 0.25) is 0 Å². The molecule has 15 heteroatoms. The number of carbonyl (C=O) groups excluding carboxylic acids is 5. The van der Waals surface area contributed by atoms with Gasteiger partial charge in [-0.2, -0.15) is 0 Å². The molecule has 4 amide bonds. The number of benzene rings is 1. The van der Waals surface area contributed by atoms with E-state index in [2.05, 4.69) is 59.0 Å². The largest absolute Gasteiger partial charge is 0.443 e. The minimum absolute atomic E-state index is 0.0568. The first-order chi connectivity index (χ1) is 25.8. The molecule has 1 aromatic carbocycles. The van der Waals surface area contributed by atoms with Crippen molar-refractivity contribution in [2.75, 3.05) is 33.4 Å². The highest BCUT2D eigenvalue weighted by molar-refractivity contribution is 5.91. The summed E-state index contributed by atoms with van der Waals surface area (Å²) in [4.78, 5) is 62.8. The van der Waals surface area contributed by atoms with Crippen LogP contribution >= 0.6 is 0 Å². The third-order valence-electron chi connectivity index (χ3n) is 11.0. The number of hydrazine groups is 1. The molecule has 54 heavy (non-hydrogen) atoms. The molecule has 15 nitrogen and oxygen atoms in total. The molecule has 2 saturated heterocycles. The van der Waals surface area contributed by atoms with Crippen LogP contribution in [0.3, 0.4) is 0 Å². The minimum atomic E-state index is -0.917. The fraction of sp³-hybridized carbons (Fsp3) is 0.667. The van der Waals surface area contributed by atoms with E-state index >= 15 is 0 Å². The van der Waals surface area contributed by atoms with Crippen molar-refractivity contribution in [2.45, 2.75) is 127 Å². The summed E-state index contributed by atoms with van der Waals surface area (Å²) in [6, 6.07) is 8.11. The zero-order chi connectivity index (χ0) is 38.9. The predicted octanol–water partition coefficient (Wildman–Crippen LogP) is 1.74. The van der Waals surface area contributed by atoms with Crippen LogP contribution in [0.5, 0.6) is 0 Å². The Morgan fingerprint density at radius 3 is 2.20 bits per heavy atom. The van der Waals surface area contributed by atoms with E-state index in [1.54, 1.807) is 7.11 Å². The lowest BCUT2D eigenvalue weighted by molar-refractivity contribution is -0.130. The molecule has 1 spiro atoms. The van der Waals surface area contributed by atoms with Crippen molar-refractivity contribution in [3.63, 3.8) is 0 Å². The molecule has 0 bridgehead atoms. The van der Waals surface area contributed by atoms with Gasteiger partial charge in [-0.25, -0.2) is 15.6 Å². The fourth-order valence-corrected chi connectivity index (χ4v) is 7.99. The Morgan fingerprint density at radius 1 is 0.907 bits per heavy atom. The van der Waals surface area contributed by atoms with Crippen LogP contribution in [0.1, 0.15) is 78.2 Å². The third-order valence-corrected chi connectivity index (χ3v) is 11.0. The van der Waals surface area contributed by atoms with E-state index in [1.807, 2.05) is 30.3 Å². The van der Waals surface area contributed by atoms with Gasteiger partial charge in [0.25, 0.3) is 0 Å². The number of alkyl carbamates (subject to hydrolysis) is 1. The number of rotatable bonds is 18. The standard InChI is InChI=1S/C39H58N6O9/c1-24(2)11-16-31-38(4,54-31)35-34(51-5)30(17-18-39(35)23-52-39)53-37(50)44-28-14-12-27(13-15-28)43-32(47)21-40-36(49)29(19-26-9-7-6-8-10-26)45-33(48)22-42-41-20-25(3)46/h6-11,27-31,34-35,41-42H,12-23H2,1-5H3,(H,40,49)(H,43,47)(H,44,50)(H,45,48)/t27-,28-,29-,30?,31+,34?,35?,38?,39-/m0/s1. The molecular formula is C39H58N6O9. The molecule has 7 atom stereocenters. The van der Waals surface area contributed by atoms with E-state index in [-0.39, 0.29) is 73.6 Å². The number of Topliss-reactive ketones (excluding diaryl/α,β-unsaturated/α-hetero) is 1. The first-order valence-electron chi connectivity index (χ1n) is 19.1. The molecule has 0 aromatic heterocycles. The van der Waals surface area contributed by atoms with Crippen molar-refractivity contribution in [2.24, 2.45) is 5.92 Å². The molecule has 298 valence electrons. The third kappa shape index (κ3) is 11.3. The highest BCUT2D eigenvalue weighted by atomic mass is 16.6. The number of ether oxygens (including phenoxy) is 4.